The van der Waals surface area contributed by atoms with Gasteiger partial charge in [-0.15, -0.1) is 0 Å². The molecule has 34 heavy (non-hydrogen) atoms. The number of carbonyl (C=O) groups is 2. The van der Waals surface area contributed by atoms with Crippen molar-refractivity contribution in [2.75, 3.05) is 19.5 Å². The Hall–Kier alpha value is -1.99. The molecule has 3 unspecified atom stereocenters. The van der Waals surface area contributed by atoms with E-state index >= 15 is 0 Å². The van der Waals surface area contributed by atoms with Gasteiger partial charge in [0.05, 0.1) is 30.0 Å². The molecule has 0 aromatic heterocycles. The summed E-state index contributed by atoms with van der Waals surface area (Å²) in [5.41, 5.74) is 6.68. The number of nitrogens with one attached hydrogen (secondary N) is 1. The third kappa shape index (κ3) is 6.57. The van der Waals surface area contributed by atoms with E-state index in [2.05, 4.69) is 17.1 Å². The molecule has 0 saturated carbocycles. The van der Waals surface area contributed by atoms with Crippen LogP contribution in [0.2, 0.25) is 5.02 Å². The van der Waals surface area contributed by atoms with Crippen LogP contribution in [0.25, 0.3) is 0 Å². The zero-order valence-electron chi connectivity index (χ0n) is 20.8. The van der Waals surface area contributed by atoms with Gasteiger partial charge in [0.15, 0.2) is 0 Å². The Morgan fingerprint density at radius 1 is 1.21 bits per heavy atom. The van der Waals surface area contributed by atoms with Gasteiger partial charge in [0.1, 0.15) is 5.75 Å². The maximum atomic E-state index is 13.1. The van der Waals surface area contributed by atoms with E-state index in [9.17, 15) is 9.59 Å². The van der Waals surface area contributed by atoms with E-state index in [0.717, 1.165) is 38.5 Å². The third-order valence-electron chi connectivity index (χ3n) is 7.30. The fourth-order valence-electron chi connectivity index (χ4n) is 5.76. The first-order valence-electron chi connectivity index (χ1n) is 12.7. The Morgan fingerprint density at radius 3 is 2.53 bits per heavy atom. The molecule has 3 atom stereocenters. The van der Waals surface area contributed by atoms with Crippen LogP contribution >= 0.6 is 11.6 Å². The molecule has 1 amide bonds. The molecule has 190 valence electrons. The molecule has 8 heteroatoms. The van der Waals surface area contributed by atoms with E-state index in [-0.39, 0.29) is 17.9 Å². The Bertz CT molecular complexity index is 836. The summed E-state index contributed by atoms with van der Waals surface area (Å²) >= 11 is 6.17. The zero-order chi connectivity index (χ0) is 24.7. The van der Waals surface area contributed by atoms with Gasteiger partial charge in [0, 0.05) is 36.7 Å². The topological polar surface area (TPSA) is 93.9 Å². The molecule has 0 aliphatic carbocycles. The fourth-order valence-corrected chi connectivity index (χ4v) is 5.92. The summed E-state index contributed by atoms with van der Waals surface area (Å²) in [7, 11) is 1.53. The van der Waals surface area contributed by atoms with Crippen molar-refractivity contribution in [2.24, 2.45) is 0 Å². The van der Waals surface area contributed by atoms with Gasteiger partial charge in [-0.2, -0.15) is 0 Å². The fraction of sp³-hybridized carbons (Fsp3) is 0.692. The number of halogens is 1. The SMILES string of the molecule is CCOC(=O)CCCCC(CC)N1C2CCCC1CC(NC(=O)c1cc(Cl)c(N)cc1OC)C2. The first-order valence-corrected chi connectivity index (χ1v) is 13.1. The second-order valence-electron chi connectivity index (χ2n) is 9.51. The van der Waals surface area contributed by atoms with Gasteiger partial charge in [-0.25, -0.2) is 0 Å². The molecule has 2 fully saturated rings. The second-order valence-corrected chi connectivity index (χ2v) is 9.92. The number of benzene rings is 1. The number of unbranched alkanes of at least 4 members (excludes halogenated alkanes) is 1. The van der Waals surface area contributed by atoms with Crippen LogP contribution in [0.5, 0.6) is 5.75 Å². The lowest BCUT2D eigenvalue weighted by atomic mass is 9.79. The minimum Gasteiger partial charge on any atom is -0.496 e. The number of nitrogens with zero attached hydrogens (tertiary/aromatic N) is 1. The summed E-state index contributed by atoms with van der Waals surface area (Å²) in [6.07, 6.45) is 10.1. The Labute approximate surface area is 208 Å². The number of fused-ring (bicyclic) bond motifs is 2. The summed E-state index contributed by atoms with van der Waals surface area (Å²) in [6, 6.07) is 4.79. The molecule has 3 N–H and O–H groups in total. The highest BCUT2D eigenvalue weighted by molar-refractivity contribution is 6.33. The van der Waals surface area contributed by atoms with Crippen molar-refractivity contribution in [2.45, 2.75) is 102 Å². The Morgan fingerprint density at radius 2 is 1.91 bits per heavy atom. The summed E-state index contributed by atoms with van der Waals surface area (Å²) in [5, 5.41) is 3.60. The minimum atomic E-state index is -0.165. The van der Waals surface area contributed by atoms with Crippen LogP contribution in [-0.4, -0.2) is 54.7 Å². The van der Waals surface area contributed by atoms with Gasteiger partial charge in [-0.3, -0.25) is 14.5 Å². The van der Waals surface area contributed by atoms with E-state index < -0.39 is 0 Å². The monoisotopic (exact) mass is 493 g/mol. The number of esters is 1. The Kier molecular flexibility index (Phi) is 9.89. The van der Waals surface area contributed by atoms with Gasteiger partial charge >= 0.3 is 5.97 Å². The molecule has 2 saturated heterocycles. The van der Waals surface area contributed by atoms with Crippen LogP contribution in [0.3, 0.4) is 0 Å². The predicted molar refractivity (Wildman–Crippen MR) is 135 cm³/mol. The second kappa shape index (κ2) is 12.6. The molecule has 2 aliphatic rings. The number of rotatable bonds is 11. The van der Waals surface area contributed by atoms with Crippen LogP contribution in [-0.2, 0) is 9.53 Å². The summed E-state index contributed by atoms with van der Waals surface area (Å²) in [5.74, 6) is 0.176. The number of anilines is 1. The maximum Gasteiger partial charge on any atom is 0.305 e. The molecule has 0 radical (unpaired) electrons. The van der Waals surface area contributed by atoms with Crippen molar-refractivity contribution in [3.8, 4) is 5.75 Å². The van der Waals surface area contributed by atoms with Crippen molar-refractivity contribution in [3.05, 3.63) is 22.7 Å². The number of carbonyl (C=O) groups excluding carboxylic acids is 2. The molecule has 1 aromatic carbocycles. The standard InChI is InChI=1S/C26H40ClN3O4/c1-4-18(9-6-7-12-25(31)34-5-2)30-19-10-8-11-20(30)14-17(13-19)29-26(32)21-15-22(27)23(28)16-24(21)33-3/h15-20H,4-14,28H2,1-3H3,(H,29,32). The average Bonchev–Trinajstić information content (AvgIpc) is 2.80. The Balaban J connectivity index is 1.59. The highest BCUT2D eigenvalue weighted by atomic mass is 35.5. The van der Waals surface area contributed by atoms with Crippen molar-refractivity contribution < 1.29 is 19.1 Å². The molecule has 2 bridgehead atoms. The van der Waals surface area contributed by atoms with Crippen molar-refractivity contribution >= 4 is 29.2 Å². The van der Waals surface area contributed by atoms with Crippen molar-refractivity contribution in [1.29, 1.82) is 0 Å². The number of ether oxygens (including phenoxy) is 2. The third-order valence-corrected chi connectivity index (χ3v) is 7.62. The lowest BCUT2D eigenvalue weighted by Crippen LogP contribution is -2.60. The summed E-state index contributed by atoms with van der Waals surface area (Å²) in [4.78, 5) is 27.4. The first-order chi connectivity index (χ1) is 16.4. The molecular formula is C26H40ClN3O4. The van der Waals surface area contributed by atoms with Gasteiger partial charge in [0.2, 0.25) is 0 Å². The number of hydrogen-bond donors (Lipinski definition) is 2. The quantitative estimate of drug-likeness (QED) is 0.257. The molecule has 1 aromatic rings. The zero-order valence-corrected chi connectivity index (χ0v) is 21.5. The number of piperidine rings is 2. The molecule has 7 nitrogen and oxygen atoms in total. The first kappa shape index (κ1) is 26.6. The van der Waals surface area contributed by atoms with Crippen LogP contribution < -0.4 is 15.8 Å². The van der Waals surface area contributed by atoms with Gasteiger partial charge in [0.25, 0.3) is 5.91 Å². The van der Waals surface area contributed by atoms with E-state index in [1.165, 1.54) is 26.4 Å². The number of nitrogens with two attached hydrogens (primary N) is 1. The van der Waals surface area contributed by atoms with Crippen LogP contribution in [0.4, 0.5) is 5.69 Å². The van der Waals surface area contributed by atoms with Crippen LogP contribution in [0.15, 0.2) is 12.1 Å². The van der Waals surface area contributed by atoms with E-state index in [1.54, 1.807) is 12.1 Å². The van der Waals surface area contributed by atoms with E-state index in [4.69, 9.17) is 26.8 Å². The van der Waals surface area contributed by atoms with E-state index in [0.29, 0.717) is 53.2 Å². The molecule has 3 rings (SSSR count). The van der Waals surface area contributed by atoms with Crippen molar-refractivity contribution in [1.82, 2.24) is 10.2 Å². The number of methoxy groups -OCH3 is 1. The summed E-state index contributed by atoms with van der Waals surface area (Å²) < 4.78 is 10.4. The average molecular weight is 494 g/mol. The normalized spacial score (nSPS) is 23.2. The predicted octanol–water partition coefficient (Wildman–Crippen LogP) is 4.95. The summed E-state index contributed by atoms with van der Waals surface area (Å²) in [6.45, 7) is 4.55. The molecule has 2 aliphatic heterocycles. The molecular weight excluding hydrogens is 454 g/mol. The van der Waals surface area contributed by atoms with E-state index in [1.807, 2.05) is 6.92 Å². The lowest BCUT2D eigenvalue weighted by molar-refractivity contribution is -0.143. The molecule has 2 heterocycles. The lowest BCUT2D eigenvalue weighted by Gasteiger charge is -2.52. The number of amides is 1. The van der Waals surface area contributed by atoms with Crippen molar-refractivity contribution in [3.63, 3.8) is 0 Å². The largest absolute Gasteiger partial charge is 0.496 e. The number of nitrogen functional groups attached to an aromatic ring is 1. The number of hydrogen-bond acceptors (Lipinski definition) is 6. The highest BCUT2D eigenvalue weighted by Gasteiger charge is 2.41. The highest BCUT2D eigenvalue weighted by Crippen LogP contribution is 2.38. The van der Waals surface area contributed by atoms with Crippen LogP contribution in [0, 0.1) is 0 Å². The van der Waals surface area contributed by atoms with Gasteiger partial charge in [-0.1, -0.05) is 31.4 Å². The van der Waals surface area contributed by atoms with Crippen LogP contribution in [0.1, 0.15) is 88.4 Å². The smallest absolute Gasteiger partial charge is 0.305 e. The van der Waals surface area contributed by atoms with Gasteiger partial charge < -0.3 is 20.5 Å². The maximum absolute atomic E-state index is 13.1. The van der Waals surface area contributed by atoms with Gasteiger partial charge in [-0.05, 0) is 57.9 Å². The molecule has 0 spiro atoms. The minimum absolute atomic E-state index is 0.0944.